The molecule has 0 saturated carbocycles. The molecule has 0 radical (unpaired) electrons. The Hall–Kier alpha value is -0.130. The normalized spacial score (nSPS) is 27.5. The van der Waals surface area contributed by atoms with Crippen molar-refractivity contribution in [3.63, 3.8) is 0 Å². The van der Waals surface area contributed by atoms with Crippen molar-refractivity contribution in [1.29, 1.82) is 0 Å². The Balaban J connectivity index is 2.58. The standard InChI is InChI=1S/C3H8N2O2S/c6-8(7)2-4-1-5-3-8/h4-5H,1-3H2. The largest absolute Gasteiger partial charge is 0.291 e. The fourth-order valence-electron chi connectivity index (χ4n) is 0.552. The minimum absolute atomic E-state index is 0.111. The summed E-state index contributed by atoms with van der Waals surface area (Å²) in [6.07, 6.45) is 0. The van der Waals surface area contributed by atoms with Gasteiger partial charge in [0.25, 0.3) is 0 Å². The van der Waals surface area contributed by atoms with Crippen molar-refractivity contribution >= 4 is 9.84 Å². The third-order valence-corrected chi connectivity index (χ3v) is 2.18. The van der Waals surface area contributed by atoms with E-state index in [1.54, 1.807) is 0 Å². The first-order valence-electron chi connectivity index (χ1n) is 2.32. The van der Waals surface area contributed by atoms with Crippen LogP contribution in [0.4, 0.5) is 0 Å². The maximum atomic E-state index is 10.5. The third-order valence-electron chi connectivity index (χ3n) is 0.894. The number of rotatable bonds is 0. The highest BCUT2D eigenvalue weighted by atomic mass is 32.2. The average Bonchev–Trinajstić information content (AvgIpc) is 1.65. The number of sulfone groups is 1. The Morgan fingerprint density at radius 1 is 1.12 bits per heavy atom. The maximum Gasteiger partial charge on any atom is 0.176 e. The van der Waals surface area contributed by atoms with E-state index in [1.165, 1.54) is 0 Å². The topological polar surface area (TPSA) is 58.2 Å². The minimum atomic E-state index is -2.80. The SMILES string of the molecule is O=S1(=O)CNCNC1. The van der Waals surface area contributed by atoms with Gasteiger partial charge in [-0.05, 0) is 0 Å². The highest BCUT2D eigenvalue weighted by molar-refractivity contribution is 7.91. The second kappa shape index (κ2) is 2.00. The van der Waals surface area contributed by atoms with E-state index in [9.17, 15) is 8.42 Å². The first-order valence-corrected chi connectivity index (χ1v) is 4.15. The van der Waals surface area contributed by atoms with Gasteiger partial charge >= 0.3 is 0 Å². The summed E-state index contributed by atoms with van der Waals surface area (Å²) in [7, 11) is -2.80. The first-order chi connectivity index (χ1) is 3.71. The molecule has 0 unspecified atom stereocenters. The summed E-state index contributed by atoms with van der Waals surface area (Å²) in [5.74, 6) is 0.222. The van der Waals surface area contributed by atoms with Crippen molar-refractivity contribution in [3.05, 3.63) is 0 Å². The van der Waals surface area contributed by atoms with Crippen LogP contribution in [-0.4, -0.2) is 26.8 Å². The molecule has 2 N–H and O–H groups in total. The zero-order chi connectivity index (χ0) is 6.04. The van der Waals surface area contributed by atoms with Crippen LogP contribution in [0.5, 0.6) is 0 Å². The second-order valence-electron chi connectivity index (χ2n) is 1.71. The summed E-state index contributed by atoms with van der Waals surface area (Å²) in [5.41, 5.74) is 0. The quantitative estimate of drug-likeness (QED) is 0.424. The summed E-state index contributed by atoms with van der Waals surface area (Å²) < 4.78 is 21.1. The van der Waals surface area contributed by atoms with Gasteiger partial charge in [0.15, 0.2) is 9.84 Å². The summed E-state index contributed by atoms with van der Waals surface area (Å²) in [6.45, 7) is 0.596. The molecular weight excluding hydrogens is 128 g/mol. The van der Waals surface area contributed by atoms with Gasteiger partial charge in [0, 0.05) is 6.67 Å². The van der Waals surface area contributed by atoms with E-state index in [4.69, 9.17) is 0 Å². The predicted octanol–water partition coefficient (Wildman–Crippen LogP) is -1.53. The molecule has 0 aromatic carbocycles. The van der Waals surface area contributed by atoms with Crippen molar-refractivity contribution < 1.29 is 8.42 Å². The van der Waals surface area contributed by atoms with Crippen molar-refractivity contribution in [3.8, 4) is 0 Å². The minimum Gasteiger partial charge on any atom is -0.291 e. The summed E-state index contributed by atoms with van der Waals surface area (Å²) in [6, 6.07) is 0. The van der Waals surface area contributed by atoms with E-state index in [1.807, 2.05) is 0 Å². The molecule has 48 valence electrons. The molecular formula is C3H8N2O2S. The lowest BCUT2D eigenvalue weighted by atomic mass is 11.0. The molecule has 0 aliphatic carbocycles. The van der Waals surface area contributed by atoms with Crippen LogP contribution in [0.25, 0.3) is 0 Å². The smallest absolute Gasteiger partial charge is 0.176 e. The molecule has 5 heteroatoms. The van der Waals surface area contributed by atoms with Crippen molar-refractivity contribution in [1.82, 2.24) is 10.6 Å². The Kier molecular flexibility index (Phi) is 1.50. The van der Waals surface area contributed by atoms with Gasteiger partial charge in [-0.15, -0.1) is 0 Å². The zero-order valence-corrected chi connectivity index (χ0v) is 5.16. The van der Waals surface area contributed by atoms with Gasteiger partial charge in [0.05, 0.1) is 0 Å². The Morgan fingerprint density at radius 3 is 1.88 bits per heavy atom. The van der Waals surface area contributed by atoms with E-state index >= 15 is 0 Å². The molecule has 0 spiro atoms. The summed E-state index contributed by atoms with van der Waals surface area (Å²) >= 11 is 0. The van der Waals surface area contributed by atoms with Crippen LogP contribution in [-0.2, 0) is 9.84 Å². The molecule has 1 aliphatic heterocycles. The van der Waals surface area contributed by atoms with Gasteiger partial charge in [-0.2, -0.15) is 0 Å². The third kappa shape index (κ3) is 1.43. The first kappa shape index (κ1) is 6.00. The molecule has 0 aromatic heterocycles. The molecule has 0 atom stereocenters. The van der Waals surface area contributed by atoms with E-state index in [0.29, 0.717) is 6.67 Å². The van der Waals surface area contributed by atoms with Gasteiger partial charge < -0.3 is 0 Å². The lowest BCUT2D eigenvalue weighted by Gasteiger charge is -2.12. The van der Waals surface area contributed by atoms with Crippen LogP contribution >= 0.6 is 0 Å². The summed E-state index contributed by atoms with van der Waals surface area (Å²) in [5, 5.41) is 5.35. The number of nitrogens with one attached hydrogen (secondary N) is 2. The molecule has 4 nitrogen and oxygen atoms in total. The van der Waals surface area contributed by atoms with Crippen LogP contribution in [0.1, 0.15) is 0 Å². The van der Waals surface area contributed by atoms with Gasteiger partial charge in [-0.25, -0.2) is 8.42 Å². The molecule has 1 aliphatic rings. The van der Waals surface area contributed by atoms with Crippen LogP contribution < -0.4 is 10.6 Å². The number of hydrogen-bond acceptors (Lipinski definition) is 4. The van der Waals surface area contributed by atoms with Crippen molar-refractivity contribution in [2.75, 3.05) is 18.4 Å². The molecule has 1 saturated heterocycles. The van der Waals surface area contributed by atoms with Crippen LogP contribution in [0, 0.1) is 0 Å². The molecule has 8 heavy (non-hydrogen) atoms. The molecule has 1 heterocycles. The fourth-order valence-corrected chi connectivity index (χ4v) is 1.48. The van der Waals surface area contributed by atoms with Crippen LogP contribution in [0.2, 0.25) is 0 Å². The van der Waals surface area contributed by atoms with Gasteiger partial charge in [-0.1, -0.05) is 0 Å². The molecule has 0 bridgehead atoms. The Labute approximate surface area is 48.2 Å². The monoisotopic (exact) mass is 136 g/mol. The Bertz CT molecular complexity index is 150. The fraction of sp³-hybridized carbons (Fsp3) is 1.00. The van der Waals surface area contributed by atoms with Gasteiger partial charge in [0.2, 0.25) is 0 Å². The van der Waals surface area contributed by atoms with Gasteiger partial charge in [-0.3, -0.25) is 10.6 Å². The average molecular weight is 136 g/mol. The number of hydrogen-bond donors (Lipinski definition) is 2. The Morgan fingerprint density at radius 2 is 1.62 bits per heavy atom. The predicted molar refractivity (Wildman–Crippen MR) is 29.8 cm³/mol. The highest BCUT2D eigenvalue weighted by Gasteiger charge is 2.12. The molecule has 0 amide bonds. The van der Waals surface area contributed by atoms with Crippen molar-refractivity contribution in [2.45, 2.75) is 0 Å². The zero-order valence-electron chi connectivity index (χ0n) is 4.35. The summed E-state index contributed by atoms with van der Waals surface area (Å²) in [4.78, 5) is 0. The molecule has 1 rings (SSSR count). The lowest BCUT2D eigenvalue weighted by molar-refractivity contribution is 0.549. The lowest BCUT2D eigenvalue weighted by Crippen LogP contribution is -2.43. The van der Waals surface area contributed by atoms with E-state index in [2.05, 4.69) is 10.6 Å². The van der Waals surface area contributed by atoms with Crippen molar-refractivity contribution in [2.24, 2.45) is 0 Å². The molecule has 1 fully saturated rings. The maximum absolute atomic E-state index is 10.5. The van der Waals surface area contributed by atoms with Crippen LogP contribution in [0.3, 0.4) is 0 Å². The van der Waals surface area contributed by atoms with Crippen LogP contribution in [0.15, 0.2) is 0 Å². The molecule has 0 aromatic rings. The van der Waals surface area contributed by atoms with E-state index in [-0.39, 0.29) is 11.8 Å². The van der Waals surface area contributed by atoms with E-state index < -0.39 is 9.84 Å². The second-order valence-corrected chi connectivity index (χ2v) is 3.77. The van der Waals surface area contributed by atoms with Gasteiger partial charge in [0.1, 0.15) is 11.8 Å². The highest BCUT2D eigenvalue weighted by Crippen LogP contribution is 1.86. The van der Waals surface area contributed by atoms with E-state index in [0.717, 1.165) is 0 Å².